The number of hydrogen-bond acceptors (Lipinski definition) is 5. The number of ether oxygens (including phenoxy) is 1. The Labute approximate surface area is 120 Å². The molecule has 20 heavy (non-hydrogen) atoms. The van der Waals surface area contributed by atoms with Gasteiger partial charge in [0.05, 0.1) is 16.5 Å². The minimum absolute atomic E-state index is 0.0327. The van der Waals surface area contributed by atoms with Crippen molar-refractivity contribution < 1.29 is 22.7 Å². The molecule has 0 saturated carbocycles. The predicted molar refractivity (Wildman–Crippen MR) is 75.2 cm³/mol. The zero-order valence-corrected chi connectivity index (χ0v) is 13.4. The van der Waals surface area contributed by atoms with Crippen molar-refractivity contribution in [3.63, 3.8) is 0 Å². The molecule has 0 aromatic heterocycles. The summed E-state index contributed by atoms with van der Waals surface area (Å²) in [6.07, 6.45) is 0.223. The predicted octanol–water partition coefficient (Wildman–Crippen LogP) is 1.29. The maximum atomic E-state index is 12.0. The molecule has 2 atom stereocenters. The molecule has 2 unspecified atom stereocenters. The van der Waals surface area contributed by atoms with E-state index in [4.69, 9.17) is 4.74 Å². The fourth-order valence-corrected chi connectivity index (χ4v) is 4.22. The summed E-state index contributed by atoms with van der Waals surface area (Å²) in [5, 5.41) is 2.46. The van der Waals surface area contributed by atoms with Crippen LogP contribution in [0.5, 0.6) is 0 Å². The van der Waals surface area contributed by atoms with E-state index < -0.39 is 38.2 Å². The molecule has 0 aromatic rings. The zero-order chi connectivity index (χ0) is 15.8. The highest BCUT2D eigenvalue weighted by molar-refractivity contribution is 7.93. The van der Waals surface area contributed by atoms with Crippen LogP contribution < -0.4 is 5.32 Å². The van der Waals surface area contributed by atoms with Crippen molar-refractivity contribution in [3.8, 4) is 0 Å². The third-order valence-electron chi connectivity index (χ3n) is 3.66. The van der Waals surface area contributed by atoms with E-state index in [2.05, 4.69) is 5.32 Å². The van der Waals surface area contributed by atoms with Gasteiger partial charge < -0.3 is 14.8 Å². The molecule has 1 rings (SSSR count). The summed E-state index contributed by atoms with van der Waals surface area (Å²) in [5.74, 6) is -0.414. The third-order valence-corrected chi connectivity index (χ3v) is 6.33. The molecule has 0 aromatic carbocycles. The van der Waals surface area contributed by atoms with Gasteiger partial charge in [0.1, 0.15) is 11.9 Å². The molecule has 116 valence electrons. The number of rotatable bonds is 3. The Morgan fingerprint density at radius 1 is 1.40 bits per heavy atom. The Kier molecular flexibility index (Phi) is 4.53. The van der Waals surface area contributed by atoms with Crippen molar-refractivity contribution in [2.75, 3.05) is 5.75 Å². The van der Waals surface area contributed by atoms with Gasteiger partial charge in [0.25, 0.3) is 0 Å². The minimum atomic E-state index is -3.25. The van der Waals surface area contributed by atoms with Crippen LogP contribution in [-0.4, -0.2) is 42.9 Å². The molecule has 1 saturated heterocycles. The molecule has 1 aliphatic rings. The van der Waals surface area contributed by atoms with Crippen molar-refractivity contribution in [1.29, 1.82) is 0 Å². The van der Waals surface area contributed by atoms with E-state index in [9.17, 15) is 18.0 Å². The van der Waals surface area contributed by atoms with E-state index in [1.54, 1.807) is 34.6 Å². The third kappa shape index (κ3) is 3.50. The van der Waals surface area contributed by atoms with E-state index in [-0.39, 0.29) is 5.75 Å². The second-order valence-corrected chi connectivity index (χ2v) is 9.32. The molecule has 0 radical (unpaired) electrons. The minimum Gasteiger partial charge on any atom is -0.444 e. The summed E-state index contributed by atoms with van der Waals surface area (Å²) >= 11 is 0. The average Bonchev–Trinajstić information content (AvgIpc) is 2.44. The molecule has 0 spiro atoms. The van der Waals surface area contributed by atoms with Gasteiger partial charge in [-0.1, -0.05) is 0 Å². The van der Waals surface area contributed by atoms with Gasteiger partial charge in [-0.15, -0.1) is 0 Å². The van der Waals surface area contributed by atoms with Gasteiger partial charge in [-0.05, 0) is 41.0 Å². The van der Waals surface area contributed by atoms with E-state index in [0.29, 0.717) is 12.7 Å². The summed E-state index contributed by atoms with van der Waals surface area (Å²) in [4.78, 5) is 22.9. The highest BCUT2D eigenvalue weighted by Crippen LogP contribution is 2.38. The summed E-state index contributed by atoms with van der Waals surface area (Å²) < 4.78 is 28.0. The van der Waals surface area contributed by atoms with Crippen LogP contribution in [0.1, 0.15) is 41.0 Å². The van der Waals surface area contributed by atoms with Crippen LogP contribution in [0.4, 0.5) is 4.79 Å². The number of alkyl carbamates (subject to hydrolysis) is 1. The van der Waals surface area contributed by atoms with E-state index >= 15 is 0 Å². The van der Waals surface area contributed by atoms with Crippen molar-refractivity contribution in [3.05, 3.63) is 0 Å². The number of nitrogens with one attached hydrogen (secondary N) is 1. The van der Waals surface area contributed by atoms with Crippen LogP contribution >= 0.6 is 0 Å². The van der Waals surface area contributed by atoms with Crippen molar-refractivity contribution in [1.82, 2.24) is 5.32 Å². The molecule has 6 nitrogen and oxygen atoms in total. The summed E-state index contributed by atoms with van der Waals surface area (Å²) in [6.45, 7) is 8.33. The first kappa shape index (κ1) is 16.9. The van der Waals surface area contributed by atoms with Crippen molar-refractivity contribution >= 4 is 22.2 Å². The summed E-state index contributed by atoms with van der Waals surface area (Å²) in [6, 6.07) is -0.864. The number of carbonyl (C=O) groups excluding carboxylic acids is 2. The zero-order valence-electron chi connectivity index (χ0n) is 12.6. The lowest BCUT2D eigenvalue weighted by atomic mass is 9.86. The summed E-state index contributed by atoms with van der Waals surface area (Å²) in [5.41, 5.74) is -0.672. The SMILES string of the molecule is CC(C)(C)OC(=O)NC(C=O)C1CCS(=O)(=O)C1(C)C. The number of aldehydes is 1. The average molecular weight is 305 g/mol. The van der Waals surface area contributed by atoms with Crippen molar-refractivity contribution in [2.24, 2.45) is 5.92 Å². The fourth-order valence-electron chi connectivity index (χ4n) is 2.41. The number of carbonyl (C=O) groups is 2. The lowest BCUT2D eigenvalue weighted by Crippen LogP contribution is -2.50. The Morgan fingerprint density at radius 3 is 2.30 bits per heavy atom. The number of sulfone groups is 1. The van der Waals surface area contributed by atoms with E-state index in [1.807, 2.05) is 0 Å². The fraction of sp³-hybridized carbons (Fsp3) is 0.846. The maximum Gasteiger partial charge on any atom is 0.408 e. The lowest BCUT2D eigenvalue weighted by molar-refractivity contribution is -0.111. The quantitative estimate of drug-likeness (QED) is 0.794. The Bertz CT molecular complexity index is 489. The van der Waals surface area contributed by atoms with Crippen molar-refractivity contribution in [2.45, 2.75) is 57.4 Å². The van der Waals surface area contributed by atoms with Crippen LogP contribution in [0.3, 0.4) is 0 Å². The van der Waals surface area contributed by atoms with Crippen LogP contribution in [0, 0.1) is 5.92 Å². The number of amides is 1. The Morgan fingerprint density at radius 2 is 1.95 bits per heavy atom. The van der Waals surface area contributed by atoms with Crippen LogP contribution in [0.2, 0.25) is 0 Å². The van der Waals surface area contributed by atoms with Gasteiger partial charge in [-0.25, -0.2) is 13.2 Å². The largest absolute Gasteiger partial charge is 0.444 e. The Balaban J connectivity index is 2.83. The van der Waals surface area contributed by atoms with E-state index in [0.717, 1.165) is 0 Å². The first-order valence-electron chi connectivity index (χ1n) is 6.58. The summed E-state index contributed by atoms with van der Waals surface area (Å²) in [7, 11) is -3.25. The molecular weight excluding hydrogens is 282 g/mol. The molecule has 1 N–H and O–H groups in total. The first-order valence-corrected chi connectivity index (χ1v) is 8.23. The van der Waals surface area contributed by atoms with Gasteiger partial charge in [0, 0.05) is 5.92 Å². The Hall–Kier alpha value is -1.11. The highest BCUT2D eigenvalue weighted by atomic mass is 32.2. The molecule has 0 aliphatic carbocycles. The molecule has 0 bridgehead atoms. The molecule has 1 aliphatic heterocycles. The van der Waals surface area contributed by atoms with Crippen LogP contribution in [-0.2, 0) is 19.4 Å². The number of hydrogen-bond donors (Lipinski definition) is 1. The maximum absolute atomic E-state index is 12.0. The lowest BCUT2D eigenvalue weighted by Gasteiger charge is -2.30. The van der Waals surface area contributed by atoms with Crippen LogP contribution in [0.15, 0.2) is 0 Å². The van der Waals surface area contributed by atoms with Gasteiger partial charge in [0.15, 0.2) is 9.84 Å². The highest BCUT2D eigenvalue weighted by Gasteiger charge is 2.51. The second-order valence-electron chi connectivity index (χ2n) is 6.63. The molecule has 1 fully saturated rings. The molecular formula is C13H23NO5S. The molecule has 1 heterocycles. The molecule has 7 heteroatoms. The first-order chi connectivity index (χ1) is 8.90. The van der Waals surface area contributed by atoms with E-state index in [1.165, 1.54) is 0 Å². The van der Waals surface area contributed by atoms with Gasteiger partial charge >= 0.3 is 6.09 Å². The second kappa shape index (κ2) is 5.35. The topological polar surface area (TPSA) is 89.5 Å². The molecule has 1 amide bonds. The van der Waals surface area contributed by atoms with Crippen LogP contribution in [0.25, 0.3) is 0 Å². The van der Waals surface area contributed by atoms with Gasteiger partial charge in [-0.2, -0.15) is 0 Å². The van der Waals surface area contributed by atoms with Gasteiger partial charge in [0.2, 0.25) is 0 Å². The monoisotopic (exact) mass is 305 g/mol. The van der Waals surface area contributed by atoms with Gasteiger partial charge in [-0.3, -0.25) is 0 Å². The smallest absolute Gasteiger partial charge is 0.408 e. The standard InChI is InChI=1S/C13H23NO5S/c1-12(2,3)19-11(16)14-10(8-15)9-6-7-20(17,18)13(9,4)5/h8-10H,6-7H2,1-5H3,(H,14,16). The normalized spacial score (nSPS) is 25.8.